The van der Waals surface area contributed by atoms with Gasteiger partial charge in [0, 0.05) is 15.6 Å². The molecular formula is C18H12BrFO. The van der Waals surface area contributed by atoms with Gasteiger partial charge in [-0.1, -0.05) is 52.3 Å². The van der Waals surface area contributed by atoms with Crippen LogP contribution in [0.4, 0.5) is 4.39 Å². The molecule has 0 fully saturated rings. The number of fused-ring (bicyclic) bond motifs is 1. The lowest BCUT2D eigenvalue weighted by atomic mass is 9.93. The minimum atomic E-state index is -0.425. The third kappa shape index (κ3) is 2.61. The van der Waals surface area contributed by atoms with Crippen molar-refractivity contribution >= 4 is 32.5 Å². The van der Waals surface area contributed by atoms with E-state index in [1.165, 1.54) is 12.1 Å². The molecule has 0 bridgehead atoms. The Morgan fingerprint density at radius 3 is 2.57 bits per heavy atom. The summed E-state index contributed by atoms with van der Waals surface area (Å²) in [5, 5.41) is 1.89. The first-order valence-electron chi connectivity index (χ1n) is 6.55. The Morgan fingerprint density at radius 1 is 1.05 bits per heavy atom. The Labute approximate surface area is 130 Å². The number of benzene rings is 3. The van der Waals surface area contributed by atoms with Crippen LogP contribution >= 0.6 is 15.9 Å². The molecule has 0 atom stereocenters. The molecule has 21 heavy (non-hydrogen) atoms. The second-order valence-corrected chi connectivity index (χ2v) is 5.88. The van der Waals surface area contributed by atoms with Gasteiger partial charge in [-0.3, -0.25) is 4.79 Å². The second-order valence-electron chi connectivity index (χ2n) is 4.97. The first-order chi connectivity index (χ1) is 10.1. The largest absolute Gasteiger partial charge is 0.289 e. The van der Waals surface area contributed by atoms with Gasteiger partial charge in [0.15, 0.2) is 5.78 Å². The number of halogens is 2. The molecule has 0 saturated heterocycles. The summed E-state index contributed by atoms with van der Waals surface area (Å²) in [4.78, 5) is 12.8. The van der Waals surface area contributed by atoms with Gasteiger partial charge >= 0.3 is 0 Å². The van der Waals surface area contributed by atoms with Crippen molar-refractivity contribution in [3.05, 3.63) is 81.6 Å². The molecule has 0 heterocycles. The van der Waals surface area contributed by atoms with E-state index < -0.39 is 5.82 Å². The maximum Gasteiger partial charge on any atom is 0.194 e. The van der Waals surface area contributed by atoms with E-state index in [-0.39, 0.29) is 5.78 Å². The van der Waals surface area contributed by atoms with Gasteiger partial charge in [0.1, 0.15) is 5.82 Å². The zero-order valence-corrected chi connectivity index (χ0v) is 12.9. The van der Waals surface area contributed by atoms with Crippen LogP contribution in [0.15, 0.2) is 59.1 Å². The minimum absolute atomic E-state index is 0.162. The van der Waals surface area contributed by atoms with Crippen LogP contribution in [0.3, 0.4) is 0 Å². The summed E-state index contributed by atoms with van der Waals surface area (Å²) in [5.41, 5.74) is 1.87. The highest BCUT2D eigenvalue weighted by molar-refractivity contribution is 9.10. The number of rotatable bonds is 2. The topological polar surface area (TPSA) is 17.1 Å². The number of carbonyl (C=O) groups excluding carboxylic acids is 1. The molecule has 1 nitrogen and oxygen atoms in total. The van der Waals surface area contributed by atoms with Crippen LogP contribution in [0.25, 0.3) is 10.8 Å². The number of carbonyl (C=O) groups is 1. The lowest BCUT2D eigenvalue weighted by molar-refractivity contribution is 0.103. The zero-order valence-electron chi connectivity index (χ0n) is 11.4. The average Bonchev–Trinajstić information content (AvgIpc) is 2.45. The molecule has 0 aliphatic carbocycles. The van der Waals surface area contributed by atoms with E-state index in [0.29, 0.717) is 15.6 Å². The van der Waals surface area contributed by atoms with E-state index in [1.807, 2.05) is 43.3 Å². The SMILES string of the molecule is Cc1ccc2ccccc2c1C(=O)c1cc(F)cc(Br)c1. The fraction of sp³-hybridized carbons (Fsp3) is 0.0556. The molecule has 0 radical (unpaired) electrons. The van der Waals surface area contributed by atoms with Crippen LogP contribution in [-0.2, 0) is 0 Å². The highest BCUT2D eigenvalue weighted by atomic mass is 79.9. The molecule has 3 heteroatoms. The molecule has 0 saturated carbocycles. The van der Waals surface area contributed by atoms with Gasteiger partial charge in [0.05, 0.1) is 0 Å². The van der Waals surface area contributed by atoms with Gasteiger partial charge in [0.2, 0.25) is 0 Å². The number of ketones is 1. The van der Waals surface area contributed by atoms with Crippen LogP contribution in [0.2, 0.25) is 0 Å². The summed E-state index contributed by atoms with van der Waals surface area (Å²) in [6, 6.07) is 15.9. The van der Waals surface area contributed by atoms with E-state index in [1.54, 1.807) is 6.07 Å². The van der Waals surface area contributed by atoms with Crippen molar-refractivity contribution in [1.82, 2.24) is 0 Å². The third-order valence-corrected chi connectivity index (χ3v) is 3.95. The molecule has 3 aromatic carbocycles. The summed E-state index contributed by atoms with van der Waals surface area (Å²) < 4.78 is 14.1. The Kier molecular flexibility index (Phi) is 3.60. The van der Waals surface area contributed by atoms with Gasteiger partial charge < -0.3 is 0 Å². The van der Waals surface area contributed by atoms with Gasteiger partial charge in [-0.2, -0.15) is 0 Å². The van der Waals surface area contributed by atoms with Crippen LogP contribution in [0.1, 0.15) is 21.5 Å². The maximum absolute atomic E-state index is 13.5. The Hall–Kier alpha value is -2.00. The van der Waals surface area contributed by atoms with Crippen molar-refractivity contribution in [3.63, 3.8) is 0 Å². The lowest BCUT2D eigenvalue weighted by Crippen LogP contribution is -2.05. The van der Waals surface area contributed by atoms with E-state index in [4.69, 9.17) is 0 Å². The van der Waals surface area contributed by atoms with Gasteiger partial charge in [-0.15, -0.1) is 0 Å². The molecule has 0 N–H and O–H groups in total. The number of aryl methyl sites for hydroxylation is 1. The standard InChI is InChI=1S/C18H12BrFO/c1-11-6-7-12-4-2-3-5-16(12)17(11)18(21)13-8-14(19)10-15(20)9-13/h2-10H,1H3. The van der Waals surface area contributed by atoms with Crippen molar-refractivity contribution in [1.29, 1.82) is 0 Å². The Bertz CT molecular complexity index is 835. The molecule has 0 aliphatic heterocycles. The van der Waals surface area contributed by atoms with Crippen LogP contribution in [0, 0.1) is 12.7 Å². The maximum atomic E-state index is 13.5. The van der Waals surface area contributed by atoms with E-state index in [0.717, 1.165) is 16.3 Å². The van der Waals surface area contributed by atoms with Crippen molar-refractivity contribution in [3.8, 4) is 0 Å². The van der Waals surface area contributed by atoms with E-state index in [9.17, 15) is 9.18 Å². The Balaban J connectivity index is 2.24. The second kappa shape index (κ2) is 5.41. The summed E-state index contributed by atoms with van der Waals surface area (Å²) in [6.07, 6.45) is 0. The normalized spacial score (nSPS) is 10.8. The molecule has 104 valence electrons. The first kappa shape index (κ1) is 14.0. The van der Waals surface area contributed by atoms with Crippen molar-refractivity contribution in [2.24, 2.45) is 0 Å². The quantitative estimate of drug-likeness (QED) is 0.579. The summed E-state index contributed by atoms with van der Waals surface area (Å²) in [5.74, 6) is -0.588. The van der Waals surface area contributed by atoms with Crippen LogP contribution in [0.5, 0.6) is 0 Å². The van der Waals surface area contributed by atoms with Crippen LogP contribution < -0.4 is 0 Å². The fourth-order valence-corrected chi connectivity index (χ4v) is 2.98. The average molecular weight is 343 g/mol. The molecule has 3 rings (SSSR count). The first-order valence-corrected chi connectivity index (χ1v) is 7.35. The summed E-state index contributed by atoms with van der Waals surface area (Å²) in [6.45, 7) is 1.90. The molecule has 0 aromatic heterocycles. The lowest BCUT2D eigenvalue weighted by Gasteiger charge is -2.10. The highest BCUT2D eigenvalue weighted by Crippen LogP contribution is 2.26. The molecule has 0 aliphatic rings. The summed E-state index contributed by atoms with van der Waals surface area (Å²) in [7, 11) is 0. The smallest absolute Gasteiger partial charge is 0.194 e. The van der Waals surface area contributed by atoms with Gasteiger partial charge in [-0.25, -0.2) is 4.39 Å². The van der Waals surface area contributed by atoms with Crippen LogP contribution in [-0.4, -0.2) is 5.78 Å². The predicted octanol–water partition coefficient (Wildman–Crippen LogP) is 5.28. The fourth-order valence-electron chi connectivity index (χ4n) is 2.51. The van der Waals surface area contributed by atoms with E-state index >= 15 is 0 Å². The molecule has 0 amide bonds. The van der Waals surface area contributed by atoms with Gasteiger partial charge in [0.25, 0.3) is 0 Å². The monoisotopic (exact) mass is 342 g/mol. The van der Waals surface area contributed by atoms with Crippen molar-refractivity contribution < 1.29 is 9.18 Å². The van der Waals surface area contributed by atoms with Crippen molar-refractivity contribution in [2.75, 3.05) is 0 Å². The highest BCUT2D eigenvalue weighted by Gasteiger charge is 2.16. The third-order valence-electron chi connectivity index (χ3n) is 3.49. The predicted molar refractivity (Wildman–Crippen MR) is 86.2 cm³/mol. The molecule has 3 aromatic rings. The number of hydrogen-bond acceptors (Lipinski definition) is 1. The Morgan fingerprint density at radius 2 is 1.81 bits per heavy atom. The molecular weight excluding hydrogens is 331 g/mol. The number of hydrogen-bond donors (Lipinski definition) is 0. The minimum Gasteiger partial charge on any atom is -0.289 e. The van der Waals surface area contributed by atoms with E-state index in [2.05, 4.69) is 15.9 Å². The van der Waals surface area contributed by atoms with Gasteiger partial charge in [-0.05, 0) is 41.5 Å². The molecule has 0 unspecified atom stereocenters. The van der Waals surface area contributed by atoms with Crippen molar-refractivity contribution in [2.45, 2.75) is 6.92 Å². The molecule has 0 spiro atoms. The zero-order chi connectivity index (χ0) is 15.0. The summed E-state index contributed by atoms with van der Waals surface area (Å²) >= 11 is 3.23.